The monoisotopic (exact) mass is 273 g/mol. The summed E-state index contributed by atoms with van der Waals surface area (Å²) in [5, 5.41) is 11.4. The highest BCUT2D eigenvalue weighted by atomic mass is 19.2. The van der Waals surface area contributed by atoms with Gasteiger partial charge < -0.3 is 10.4 Å². The first-order valence-electron chi connectivity index (χ1n) is 5.56. The minimum Gasteiger partial charge on any atom is -0.481 e. The Morgan fingerprint density at radius 3 is 2.47 bits per heavy atom. The molecule has 1 aromatic carbocycles. The summed E-state index contributed by atoms with van der Waals surface area (Å²) in [7, 11) is 0. The van der Waals surface area contributed by atoms with E-state index in [-0.39, 0.29) is 18.5 Å². The zero-order valence-corrected chi connectivity index (χ0v) is 9.62. The molecule has 2 atom stereocenters. The molecule has 0 aromatic heterocycles. The Morgan fingerprint density at radius 1 is 1.21 bits per heavy atom. The highest BCUT2D eigenvalue weighted by molar-refractivity contribution is 5.98. The maximum Gasteiger partial charge on any atom is 0.316 e. The van der Waals surface area contributed by atoms with E-state index in [2.05, 4.69) is 5.32 Å². The number of benzene rings is 1. The summed E-state index contributed by atoms with van der Waals surface area (Å²) in [6.07, 6.45) is 0.144. The van der Waals surface area contributed by atoms with Crippen molar-refractivity contribution < 1.29 is 27.9 Å². The molecule has 2 unspecified atom stereocenters. The summed E-state index contributed by atoms with van der Waals surface area (Å²) in [6.45, 7) is 0.158. The maximum atomic E-state index is 13.6. The molecule has 0 radical (unpaired) electrons. The molecule has 4 nitrogen and oxygen atoms in total. The van der Waals surface area contributed by atoms with E-state index in [0.717, 1.165) is 0 Å². The Hall–Kier alpha value is -2.05. The van der Waals surface area contributed by atoms with E-state index in [1.807, 2.05) is 0 Å². The summed E-state index contributed by atoms with van der Waals surface area (Å²) in [6, 6.07) is 0.972. The van der Waals surface area contributed by atoms with E-state index in [1.54, 1.807) is 0 Å². The van der Waals surface area contributed by atoms with Gasteiger partial charge in [-0.05, 0) is 18.1 Å². The highest BCUT2D eigenvalue weighted by Crippen LogP contribution is 2.33. The van der Waals surface area contributed by atoms with Crippen LogP contribution in [-0.2, 0) is 9.59 Å². The molecule has 19 heavy (non-hydrogen) atoms. The second kappa shape index (κ2) is 4.91. The predicted molar refractivity (Wildman–Crippen MR) is 57.8 cm³/mol. The van der Waals surface area contributed by atoms with Crippen LogP contribution in [0.3, 0.4) is 0 Å². The fourth-order valence-electron chi connectivity index (χ4n) is 2.25. The molecule has 1 aromatic rings. The second-order valence-corrected chi connectivity index (χ2v) is 4.29. The van der Waals surface area contributed by atoms with Crippen molar-refractivity contribution in [2.75, 3.05) is 6.54 Å². The zero-order chi connectivity index (χ0) is 14.2. The third-order valence-corrected chi connectivity index (χ3v) is 3.14. The largest absolute Gasteiger partial charge is 0.481 e. The fourth-order valence-corrected chi connectivity index (χ4v) is 2.25. The number of halogens is 3. The number of nitrogens with one attached hydrogen (secondary N) is 1. The van der Waals surface area contributed by atoms with Crippen molar-refractivity contribution >= 4 is 11.9 Å². The number of carboxylic acid groups (broad SMARTS) is 1. The molecule has 1 aliphatic rings. The summed E-state index contributed by atoms with van der Waals surface area (Å²) >= 11 is 0. The number of carbonyl (C=O) groups is 2. The van der Waals surface area contributed by atoms with Gasteiger partial charge >= 0.3 is 5.97 Å². The average molecular weight is 273 g/mol. The molecule has 1 heterocycles. The average Bonchev–Trinajstić information content (AvgIpc) is 2.33. The third kappa shape index (κ3) is 2.40. The van der Waals surface area contributed by atoms with Crippen LogP contribution in [0, 0.1) is 23.4 Å². The number of piperidine rings is 1. The smallest absolute Gasteiger partial charge is 0.316 e. The summed E-state index contributed by atoms with van der Waals surface area (Å²) < 4.78 is 39.6. The van der Waals surface area contributed by atoms with Gasteiger partial charge in [-0.1, -0.05) is 0 Å². The van der Waals surface area contributed by atoms with Gasteiger partial charge in [-0.2, -0.15) is 0 Å². The van der Waals surface area contributed by atoms with E-state index in [9.17, 15) is 22.8 Å². The molecule has 0 saturated carbocycles. The van der Waals surface area contributed by atoms with Crippen molar-refractivity contribution in [3.05, 3.63) is 35.1 Å². The van der Waals surface area contributed by atoms with Crippen LogP contribution >= 0.6 is 0 Å². The normalized spacial score (nSPS) is 23.0. The molecule has 0 bridgehead atoms. The summed E-state index contributed by atoms with van der Waals surface area (Å²) in [4.78, 5) is 22.6. The van der Waals surface area contributed by atoms with E-state index in [1.165, 1.54) is 0 Å². The molecular formula is C12H10F3NO3. The van der Waals surface area contributed by atoms with Crippen LogP contribution in [0.15, 0.2) is 12.1 Å². The molecule has 0 spiro atoms. The first-order valence-corrected chi connectivity index (χ1v) is 5.56. The molecular weight excluding hydrogens is 263 g/mol. The van der Waals surface area contributed by atoms with Gasteiger partial charge in [-0.15, -0.1) is 0 Å². The Balaban J connectivity index is 2.46. The van der Waals surface area contributed by atoms with Crippen LogP contribution in [0.25, 0.3) is 0 Å². The molecule has 1 amide bonds. The molecule has 1 fully saturated rings. The first kappa shape index (κ1) is 13.4. The second-order valence-electron chi connectivity index (χ2n) is 4.29. The minimum absolute atomic E-state index is 0.144. The van der Waals surface area contributed by atoms with Gasteiger partial charge in [0.25, 0.3) is 0 Å². The van der Waals surface area contributed by atoms with Gasteiger partial charge in [-0.25, -0.2) is 13.2 Å². The molecule has 1 saturated heterocycles. The minimum atomic E-state index is -1.51. The van der Waals surface area contributed by atoms with E-state index >= 15 is 0 Å². The topological polar surface area (TPSA) is 66.4 Å². The fraction of sp³-hybridized carbons (Fsp3) is 0.333. The lowest BCUT2D eigenvalue weighted by Crippen LogP contribution is -2.45. The van der Waals surface area contributed by atoms with Crippen LogP contribution in [-0.4, -0.2) is 23.5 Å². The number of hydrogen-bond acceptors (Lipinski definition) is 2. The van der Waals surface area contributed by atoms with Gasteiger partial charge in [0.05, 0.1) is 0 Å². The van der Waals surface area contributed by atoms with Gasteiger partial charge in [0.15, 0.2) is 11.6 Å². The number of rotatable bonds is 2. The van der Waals surface area contributed by atoms with Crippen molar-refractivity contribution in [3.8, 4) is 0 Å². The van der Waals surface area contributed by atoms with Crippen LogP contribution in [0.1, 0.15) is 17.9 Å². The Kier molecular flexibility index (Phi) is 3.46. The highest BCUT2D eigenvalue weighted by Gasteiger charge is 2.40. The maximum absolute atomic E-state index is 13.6. The lowest BCUT2D eigenvalue weighted by Gasteiger charge is -2.28. The van der Waals surface area contributed by atoms with Gasteiger partial charge in [0.2, 0.25) is 5.91 Å². The third-order valence-electron chi connectivity index (χ3n) is 3.14. The summed E-state index contributed by atoms with van der Waals surface area (Å²) in [5.74, 6) is -8.38. The number of amides is 1. The Bertz CT molecular complexity index is 547. The van der Waals surface area contributed by atoms with Crippen LogP contribution in [0.5, 0.6) is 0 Å². The molecule has 0 aliphatic carbocycles. The number of hydrogen-bond donors (Lipinski definition) is 2. The molecule has 102 valence electrons. The molecule has 2 rings (SSSR count). The van der Waals surface area contributed by atoms with Gasteiger partial charge in [-0.3, -0.25) is 9.59 Å². The van der Waals surface area contributed by atoms with Crippen molar-refractivity contribution in [3.63, 3.8) is 0 Å². The Morgan fingerprint density at radius 2 is 1.84 bits per heavy atom. The van der Waals surface area contributed by atoms with Gasteiger partial charge in [0, 0.05) is 18.5 Å². The van der Waals surface area contributed by atoms with Gasteiger partial charge in [0.1, 0.15) is 11.7 Å². The number of carboxylic acids is 1. The molecule has 7 heteroatoms. The van der Waals surface area contributed by atoms with Crippen molar-refractivity contribution in [1.29, 1.82) is 0 Å². The Labute approximate surface area is 106 Å². The van der Waals surface area contributed by atoms with Crippen molar-refractivity contribution in [2.45, 2.75) is 12.3 Å². The number of aliphatic carboxylic acids is 1. The number of carbonyl (C=O) groups excluding carboxylic acids is 1. The predicted octanol–water partition coefficient (Wildman–Crippen LogP) is 1.41. The van der Waals surface area contributed by atoms with Crippen molar-refractivity contribution in [1.82, 2.24) is 5.32 Å². The first-order chi connectivity index (χ1) is 8.91. The SMILES string of the molecule is O=C(O)C1C(=O)NCCC1c1cc(F)c(F)cc1F. The standard InChI is InChI=1S/C12H10F3NO3/c13-7-4-9(15)8(14)3-6(7)5-1-2-16-11(17)10(5)12(18)19/h3-5,10H,1-2H2,(H,16,17)(H,18,19). The molecule has 2 N–H and O–H groups in total. The summed E-state index contributed by atoms with van der Waals surface area (Å²) in [5.41, 5.74) is -0.291. The van der Waals surface area contributed by atoms with Crippen LogP contribution in [0.4, 0.5) is 13.2 Å². The van der Waals surface area contributed by atoms with Crippen LogP contribution < -0.4 is 5.32 Å². The lowest BCUT2D eigenvalue weighted by atomic mass is 9.80. The van der Waals surface area contributed by atoms with Crippen molar-refractivity contribution in [2.24, 2.45) is 5.92 Å². The van der Waals surface area contributed by atoms with E-state index in [4.69, 9.17) is 5.11 Å². The van der Waals surface area contributed by atoms with E-state index < -0.39 is 41.2 Å². The van der Waals surface area contributed by atoms with E-state index in [0.29, 0.717) is 12.1 Å². The zero-order valence-electron chi connectivity index (χ0n) is 9.62. The van der Waals surface area contributed by atoms with Crippen LogP contribution in [0.2, 0.25) is 0 Å². The molecule has 1 aliphatic heterocycles. The lowest BCUT2D eigenvalue weighted by molar-refractivity contribution is -0.149. The quantitative estimate of drug-likeness (QED) is 0.632.